The molecule has 1 fully saturated rings. The van der Waals surface area contributed by atoms with Crippen molar-refractivity contribution >= 4 is 17.7 Å². The van der Waals surface area contributed by atoms with Crippen molar-refractivity contribution in [2.24, 2.45) is 12.0 Å². The molecular weight excluding hydrogens is 260 g/mol. The molecule has 1 aromatic heterocycles. The van der Waals surface area contributed by atoms with E-state index in [2.05, 4.69) is 32.1 Å². The first kappa shape index (κ1) is 14.2. The van der Waals surface area contributed by atoms with Crippen molar-refractivity contribution in [1.82, 2.24) is 25.4 Å². The Hall–Kier alpha value is -1.24. The van der Waals surface area contributed by atoms with Gasteiger partial charge >= 0.3 is 0 Å². The Morgan fingerprint density at radius 2 is 2.42 bits per heavy atom. The topological polar surface area (TPSA) is 67.1 Å². The number of nitrogens with one attached hydrogen (secondary N) is 2. The number of aromatic nitrogens is 3. The largest absolute Gasteiger partial charge is 0.354 e. The molecule has 0 saturated heterocycles. The highest BCUT2D eigenvalue weighted by molar-refractivity contribution is 7.99. The molecule has 2 N–H and O–H groups in total. The van der Waals surface area contributed by atoms with Gasteiger partial charge < -0.3 is 15.2 Å². The fraction of sp³-hybridized carbons (Fsp3) is 0.750. The standard InChI is InChI=1S/C12H22N6S/c1-13-12(14-7-11-17-15-8-18(11)2)16-9-4-5-10(6-9)19-3/h8-10H,4-7H2,1-3H3,(H2,13,14,16). The number of guanidine groups is 1. The van der Waals surface area contributed by atoms with Crippen LogP contribution >= 0.6 is 11.8 Å². The third-order valence-electron chi connectivity index (χ3n) is 3.50. The van der Waals surface area contributed by atoms with Crippen LogP contribution in [0.3, 0.4) is 0 Å². The van der Waals surface area contributed by atoms with E-state index in [1.54, 1.807) is 13.4 Å². The molecule has 1 aliphatic carbocycles. The highest BCUT2D eigenvalue weighted by atomic mass is 32.2. The summed E-state index contributed by atoms with van der Waals surface area (Å²) in [6, 6.07) is 0.531. The van der Waals surface area contributed by atoms with Gasteiger partial charge in [-0.3, -0.25) is 4.99 Å². The Bertz CT molecular complexity index is 430. The van der Waals surface area contributed by atoms with E-state index < -0.39 is 0 Å². The SMILES string of the molecule is CN=C(NCc1nncn1C)NC1CCC(SC)C1. The Labute approximate surface area is 118 Å². The van der Waals surface area contributed by atoms with Crippen molar-refractivity contribution in [3.8, 4) is 0 Å². The van der Waals surface area contributed by atoms with Crippen LogP contribution in [-0.2, 0) is 13.6 Å². The Morgan fingerprint density at radius 1 is 1.58 bits per heavy atom. The lowest BCUT2D eigenvalue weighted by molar-refractivity contribution is 0.610. The predicted octanol–water partition coefficient (Wildman–Crippen LogP) is 0.764. The van der Waals surface area contributed by atoms with E-state index in [-0.39, 0.29) is 0 Å². The van der Waals surface area contributed by atoms with Crippen LogP contribution in [0.1, 0.15) is 25.1 Å². The average Bonchev–Trinajstić information content (AvgIpc) is 3.03. The average molecular weight is 282 g/mol. The molecule has 1 aromatic rings. The quantitative estimate of drug-likeness (QED) is 0.630. The van der Waals surface area contributed by atoms with Crippen LogP contribution in [0, 0.1) is 0 Å². The maximum Gasteiger partial charge on any atom is 0.191 e. The van der Waals surface area contributed by atoms with E-state index in [0.717, 1.165) is 17.0 Å². The molecule has 0 aliphatic heterocycles. The number of nitrogens with zero attached hydrogens (tertiary/aromatic N) is 4. The number of rotatable bonds is 4. The molecule has 2 atom stereocenters. The summed E-state index contributed by atoms with van der Waals surface area (Å²) in [5.74, 6) is 1.74. The first-order valence-electron chi connectivity index (χ1n) is 6.55. The zero-order valence-electron chi connectivity index (χ0n) is 11.8. The van der Waals surface area contributed by atoms with E-state index in [1.165, 1.54) is 19.3 Å². The molecule has 19 heavy (non-hydrogen) atoms. The summed E-state index contributed by atoms with van der Waals surface area (Å²) in [7, 11) is 3.74. The van der Waals surface area contributed by atoms with Crippen molar-refractivity contribution < 1.29 is 0 Å². The number of hydrogen-bond acceptors (Lipinski definition) is 4. The van der Waals surface area contributed by atoms with Crippen LogP contribution in [0.2, 0.25) is 0 Å². The van der Waals surface area contributed by atoms with Crippen molar-refractivity contribution in [2.75, 3.05) is 13.3 Å². The zero-order chi connectivity index (χ0) is 13.7. The molecule has 0 radical (unpaired) electrons. The normalized spacial score (nSPS) is 23.6. The molecule has 0 aromatic carbocycles. The molecule has 0 spiro atoms. The van der Waals surface area contributed by atoms with Crippen molar-refractivity contribution in [1.29, 1.82) is 0 Å². The van der Waals surface area contributed by atoms with Crippen molar-refractivity contribution in [2.45, 2.75) is 37.1 Å². The van der Waals surface area contributed by atoms with Gasteiger partial charge in [-0.05, 0) is 25.5 Å². The fourth-order valence-electron chi connectivity index (χ4n) is 2.30. The lowest BCUT2D eigenvalue weighted by Gasteiger charge is -2.17. The third kappa shape index (κ3) is 3.86. The summed E-state index contributed by atoms with van der Waals surface area (Å²) in [6.45, 7) is 0.634. The zero-order valence-corrected chi connectivity index (χ0v) is 12.6. The van der Waals surface area contributed by atoms with Crippen molar-refractivity contribution in [3.63, 3.8) is 0 Å². The third-order valence-corrected chi connectivity index (χ3v) is 4.60. The van der Waals surface area contributed by atoms with E-state index in [1.807, 2.05) is 23.4 Å². The molecule has 1 saturated carbocycles. The van der Waals surface area contributed by atoms with Gasteiger partial charge in [-0.25, -0.2) is 0 Å². The molecule has 2 rings (SSSR count). The smallest absolute Gasteiger partial charge is 0.191 e. The van der Waals surface area contributed by atoms with E-state index in [4.69, 9.17) is 0 Å². The van der Waals surface area contributed by atoms with Crippen LogP contribution in [0.5, 0.6) is 0 Å². The molecule has 2 unspecified atom stereocenters. The lowest BCUT2D eigenvalue weighted by atomic mass is 10.2. The van der Waals surface area contributed by atoms with E-state index in [9.17, 15) is 0 Å². The van der Waals surface area contributed by atoms with Crippen LogP contribution in [0.15, 0.2) is 11.3 Å². The van der Waals surface area contributed by atoms with Gasteiger partial charge in [-0.1, -0.05) is 0 Å². The summed E-state index contributed by atoms with van der Waals surface area (Å²) < 4.78 is 1.90. The first-order valence-corrected chi connectivity index (χ1v) is 7.84. The number of aliphatic imine (C=N–C) groups is 1. The molecule has 106 valence electrons. The van der Waals surface area contributed by atoms with Gasteiger partial charge in [0, 0.05) is 25.4 Å². The van der Waals surface area contributed by atoms with Crippen LogP contribution in [0.4, 0.5) is 0 Å². The van der Waals surface area contributed by atoms with Crippen molar-refractivity contribution in [3.05, 3.63) is 12.2 Å². The summed E-state index contributed by atoms with van der Waals surface area (Å²) in [5, 5.41) is 15.5. The van der Waals surface area contributed by atoms with E-state index in [0.29, 0.717) is 12.6 Å². The minimum atomic E-state index is 0.531. The molecule has 0 bridgehead atoms. The lowest BCUT2D eigenvalue weighted by Crippen LogP contribution is -2.42. The van der Waals surface area contributed by atoms with Gasteiger partial charge in [0.2, 0.25) is 0 Å². The van der Waals surface area contributed by atoms with E-state index >= 15 is 0 Å². The summed E-state index contributed by atoms with van der Waals surface area (Å²) in [5.41, 5.74) is 0. The maximum atomic E-state index is 4.26. The summed E-state index contributed by atoms with van der Waals surface area (Å²) in [6.07, 6.45) is 7.61. The van der Waals surface area contributed by atoms with Gasteiger partial charge in [-0.15, -0.1) is 10.2 Å². The summed E-state index contributed by atoms with van der Waals surface area (Å²) >= 11 is 1.96. The highest BCUT2D eigenvalue weighted by Crippen LogP contribution is 2.27. The minimum absolute atomic E-state index is 0.531. The van der Waals surface area contributed by atoms with Gasteiger partial charge in [0.15, 0.2) is 11.8 Å². The molecule has 7 heteroatoms. The van der Waals surface area contributed by atoms with Crippen LogP contribution in [0.25, 0.3) is 0 Å². The predicted molar refractivity (Wildman–Crippen MR) is 79.3 cm³/mol. The summed E-state index contributed by atoms with van der Waals surface area (Å²) in [4.78, 5) is 4.26. The molecule has 1 aliphatic rings. The van der Waals surface area contributed by atoms with Crippen LogP contribution in [-0.4, -0.2) is 45.3 Å². The number of hydrogen-bond donors (Lipinski definition) is 2. The van der Waals surface area contributed by atoms with Gasteiger partial charge in [0.05, 0.1) is 6.54 Å². The second-order valence-corrected chi connectivity index (χ2v) is 5.93. The fourth-order valence-corrected chi connectivity index (χ4v) is 3.10. The number of aryl methyl sites for hydroxylation is 1. The highest BCUT2D eigenvalue weighted by Gasteiger charge is 2.24. The van der Waals surface area contributed by atoms with Gasteiger partial charge in [0.1, 0.15) is 6.33 Å². The molecule has 1 heterocycles. The molecular formula is C12H22N6S. The maximum absolute atomic E-state index is 4.26. The number of thioether (sulfide) groups is 1. The van der Waals surface area contributed by atoms with Gasteiger partial charge in [-0.2, -0.15) is 11.8 Å². The Morgan fingerprint density at radius 3 is 3.00 bits per heavy atom. The van der Waals surface area contributed by atoms with Gasteiger partial charge in [0.25, 0.3) is 0 Å². The Balaban J connectivity index is 1.80. The van der Waals surface area contributed by atoms with Crippen LogP contribution < -0.4 is 10.6 Å². The minimum Gasteiger partial charge on any atom is -0.354 e. The monoisotopic (exact) mass is 282 g/mol. The second kappa shape index (κ2) is 6.79. The molecule has 6 nitrogen and oxygen atoms in total. The second-order valence-electron chi connectivity index (χ2n) is 4.80. The first-order chi connectivity index (χ1) is 9.22. The Kier molecular flexibility index (Phi) is 5.07. The molecule has 0 amide bonds.